The predicted octanol–water partition coefficient (Wildman–Crippen LogP) is 3.67. The van der Waals surface area contributed by atoms with E-state index < -0.39 is 36.1 Å². The van der Waals surface area contributed by atoms with E-state index in [1.807, 2.05) is 0 Å². The lowest BCUT2D eigenvalue weighted by Crippen LogP contribution is -2.30. The molecule has 150 valence electrons. The molecule has 0 saturated heterocycles. The van der Waals surface area contributed by atoms with Crippen LogP contribution < -0.4 is 14.8 Å². The molecule has 2 aromatic carbocycles. The van der Waals surface area contributed by atoms with Crippen molar-refractivity contribution >= 4 is 11.9 Å². The second kappa shape index (κ2) is 8.64. The molecule has 28 heavy (non-hydrogen) atoms. The summed E-state index contributed by atoms with van der Waals surface area (Å²) >= 11 is 0. The van der Waals surface area contributed by atoms with Crippen LogP contribution in [0.2, 0.25) is 0 Å². The molecule has 0 saturated carbocycles. The van der Waals surface area contributed by atoms with Crippen molar-refractivity contribution in [3.05, 3.63) is 59.2 Å². The van der Waals surface area contributed by atoms with Gasteiger partial charge in [0.25, 0.3) is 5.91 Å². The molecule has 0 heterocycles. The number of aliphatic carboxylic acids is 1. The fourth-order valence-corrected chi connectivity index (χ4v) is 2.57. The normalized spacial score (nSPS) is 12.2. The zero-order chi connectivity index (χ0) is 20.9. The Kier molecular flexibility index (Phi) is 6.50. The Balaban J connectivity index is 2.29. The SMILES string of the molecule is COc1ccc(C(CC(=O)O)NC(=O)c2ccc(C(F)(F)F)cc2)c(OC)c1. The van der Waals surface area contributed by atoms with Crippen molar-refractivity contribution < 1.29 is 37.3 Å². The van der Waals surface area contributed by atoms with Gasteiger partial charge in [0.05, 0.1) is 32.2 Å². The third-order valence-electron chi connectivity index (χ3n) is 3.97. The molecule has 1 amide bonds. The number of halogens is 3. The number of nitrogens with one attached hydrogen (secondary N) is 1. The van der Waals surface area contributed by atoms with E-state index in [1.165, 1.54) is 20.3 Å². The lowest BCUT2D eigenvalue weighted by atomic mass is 10.0. The highest BCUT2D eigenvalue weighted by Gasteiger charge is 2.30. The molecular formula is C19H18F3NO5. The maximum absolute atomic E-state index is 12.7. The molecule has 2 aromatic rings. The largest absolute Gasteiger partial charge is 0.497 e. The number of hydrogen-bond donors (Lipinski definition) is 2. The van der Waals surface area contributed by atoms with Gasteiger partial charge in [-0.25, -0.2) is 0 Å². The summed E-state index contributed by atoms with van der Waals surface area (Å²) < 4.78 is 48.3. The molecule has 2 rings (SSSR count). The molecule has 0 spiro atoms. The first-order valence-corrected chi connectivity index (χ1v) is 8.07. The van der Waals surface area contributed by atoms with Crippen LogP contribution in [-0.4, -0.2) is 31.2 Å². The van der Waals surface area contributed by atoms with Crippen LogP contribution in [0.25, 0.3) is 0 Å². The van der Waals surface area contributed by atoms with Gasteiger partial charge in [0.2, 0.25) is 0 Å². The van der Waals surface area contributed by atoms with E-state index in [9.17, 15) is 27.9 Å². The van der Waals surface area contributed by atoms with Gasteiger partial charge < -0.3 is 19.9 Å². The van der Waals surface area contributed by atoms with Crippen molar-refractivity contribution in [2.24, 2.45) is 0 Å². The van der Waals surface area contributed by atoms with E-state index in [0.717, 1.165) is 24.3 Å². The molecular weight excluding hydrogens is 379 g/mol. The molecule has 2 N–H and O–H groups in total. The van der Waals surface area contributed by atoms with Crippen LogP contribution in [0.15, 0.2) is 42.5 Å². The Morgan fingerprint density at radius 2 is 1.71 bits per heavy atom. The zero-order valence-corrected chi connectivity index (χ0v) is 15.0. The molecule has 1 atom stereocenters. The van der Waals surface area contributed by atoms with Gasteiger partial charge in [0, 0.05) is 17.2 Å². The Labute approximate surface area is 158 Å². The molecule has 6 nitrogen and oxygen atoms in total. The number of alkyl halides is 3. The minimum absolute atomic E-state index is 0.0316. The molecule has 0 aliphatic carbocycles. The van der Waals surface area contributed by atoms with Gasteiger partial charge in [0.1, 0.15) is 11.5 Å². The summed E-state index contributed by atoms with van der Waals surface area (Å²) in [6.07, 6.45) is -4.97. The molecule has 9 heteroatoms. The maximum Gasteiger partial charge on any atom is 0.416 e. The van der Waals surface area contributed by atoms with Crippen molar-refractivity contribution in [3.8, 4) is 11.5 Å². The molecule has 0 aliphatic rings. The molecule has 0 aromatic heterocycles. The van der Waals surface area contributed by atoms with Crippen molar-refractivity contribution in [1.82, 2.24) is 5.32 Å². The average molecular weight is 397 g/mol. The number of ether oxygens (including phenoxy) is 2. The highest BCUT2D eigenvalue weighted by atomic mass is 19.4. The average Bonchev–Trinajstić information content (AvgIpc) is 2.65. The van der Waals surface area contributed by atoms with E-state index in [-0.39, 0.29) is 5.56 Å². The quantitative estimate of drug-likeness (QED) is 0.745. The van der Waals surface area contributed by atoms with Gasteiger partial charge in [-0.3, -0.25) is 9.59 Å². The number of amides is 1. The Hall–Kier alpha value is -3.23. The van der Waals surface area contributed by atoms with E-state index in [1.54, 1.807) is 12.1 Å². The fourth-order valence-electron chi connectivity index (χ4n) is 2.57. The van der Waals surface area contributed by atoms with Crippen LogP contribution >= 0.6 is 0 Å². The minimum atomic E-state index is -4.52. The van der Waals surface area contributed by atoms with Crippen LogP contribution in [0.3, 0.4) is 0 Å². The molecule has 0 bridgehead atoms. The van der Waals surface area contributed by atoms with Crippen LogP contribution in [0.5, 0.6) is 11.5 Å². The number of carbonyl (C=O) groups excluding carboxylic acids is 1. The summed E-state index contributed by atoms with van der Waals surface area (Å²) in [5.41, 5.74) is -0.523. The van der Waals surface area contributed by atoms with Crippen molar-refractivity contribution in [3.63, 3.8) is 0 Å². The monoisotopic (exact) mass is 397 g/mol. The first kappa shape index (κ1) is 21.1. The topological polar surface area (TPSA) is 84.9 Å². The lowest BCUT2D eigenvalue weighted by molar-refractivity contribution is -0.138. The third kappa shape index (κ3) is 5.15. The van der Waals surface area contributed by atoms with Gasteiger partial charge in [-0.1, -0.05) is 0 Å². The molecule has 1 unspecified atom stereocenters. The van der Waals surface area contributed by atoms with E-state index >= 15 is 0 Å². The summed E-state index contributed by atoms with van der Waals surface area (Å²) in [7, 11) is 2.84. The smallest absolute Gasteiger partial charge is 0.416 e. The lowest BCUT2D eigenvalue weighted by Gasteiger charge is -2.20. The highest BCUT2D eigenvalue weighted by Crippen LogP contribution is 2.32. The Bertz CT molecular complexity index is 850. The van der Waals surface area contributed by atoms with Gasteiger partial charge in [0.15, 0.2) is 0 Å². The number of carboxylic acids is 1. The van der Waals surface area contributed by atoms with Gasteiger partial charge in [-0.2, -0.15) is 13.2 Å². The van der Waals surface area contributed by atoms with Crippen molar-refractivity contribution in [2.75, 3.05) is 14.2 Å². The number of hydrogen-bond acceptors (Lipinski definition) is 4. The standard InChI is InChI=1S/C19H18F3NO5/c1-27-13-7-8-14(16(9-13)28-2)15(10-17(24)25)23-18(26)11-3-5-12(6-4-11)19(20,21)22/h3-9,15H,10H2,1-2H3,(H,23,26)(H,24,25). The Morgan fingerprint density at radius 3 is 2.21 bits per heavy atom. The van der Waals surface area contributed by atoms with E-state index in [2.05, 4.69) is 5.32 Å². The fraction of sp³-hybridized carbons (Fsp3) is 0.263. The number of rotatable bonds is 7. The number of benzene rings is 2. The van der Waals surface area contributed by atoms with Gasteiger partial charge in [-0.15, -0.1) is 0 Å². The van der Waals surface area contributed by atoms with Crippen LogP contribution in [0.4, 0.5) is 13.2 Å². The van der Waals surface area contributed by atoms with Gasteiger partial charge >= 0.3 is 12.1 Å². The van der Waals surface area contributed by atoms with E-state index in [0.29, 0.717) is 17.1 Å². The molecule has 0 radical (unpaired) electrons. The van der Waals surface area contributed by atoms with Crippen LogP contribution in [0.1, 0.15) is 33.9 Å². The summed E-state index contributed by atoms with van der Waals surface area (Å²) in [5.74, 6) is -1.10. The second-order valence-corrected chi connectivity index (χ2v) is 5.81. The number of carboxylic acid groups (broad SMARTS) is 1. The summed E-state index contributed by atoms with van der Waals surface area (Å²) in [4.78, 5) is 23.7. The van der Waals surface area contributed by atoms with Crippen molar-refractivity contribution in [2.45, 2.75) is 18.6 Å². The molecule has 0 fully saturated rings. The van der Waals surface area contributed by atoms with Crippen molar-refractivity contribution in [1.29, 1.82) is 0 Å². The highest BCUT2D eigenvalue weighted by molar-refractivity contribution is 5.94. The minimum Gasteiger partial charge on any atom is -0.497 e. The van der Waals surface area contributed by atoms with Crippen LogP contribution in [-0.2, 0) is 11.0 Å². The first-order chi connectivity index (χ1) is 13.2. The van der Waals surface area contributed by atoms with Crippen LogP contribution in [0, 0.1) is 0 Å². The number of methoxy groups -OCH3 is 2. The van der Waals surface area contributed by atoms with Gasteiger partial charge in [-0.05, 0) is 36.4 Å². The predicted molar refractivity (Wildman–Crippen MR) is 93.5 cm³/mol. The summed E-state index contributed by atoms with van der Waals surface area (Å²) in [6, 6.07) is 7.34. The van der Waals surface area contributed by atoms with E-state index in [4.69, 9.17) is 9.47 Å². The first-order valence-electron chi connectivity index (χ1n) is 8.07. The third-order valence-corrected chi connectivity index (χ3v) is 3.97. The summed E-state index contributed by atoms with van der Waals surface area (Å²) in [6.45, 7) is 0. The Morgan fingerprint density at radius 1 is 1.07 bits per heavy atom. The maximum atomic E-state index is 12.7. The second-order valence-electron chi connectivity index (χ2n) is 5.81. The summed E-state index contributed by atoms with van der Waals surface area (Å²) in [5, 5.41) is 11.7. The zero-order valence-electron chi connectivity index (χ0n) is 15.0. The number of carbonyl (C=O) groups is 2. The molecule has 0 aliphatic heterocycles.